The monoisotopic (exact) mass is 296 g/mol. The van der Waals surface area contributed by atoms with Gasteiger partial charge < -0.3 is 5.11 Å². The Morgan fingerprint density at radius 1 is 1.55 bits per heavy atom. The maximum atomic E-state index is 11.4. The van der Waals surface area contributed by atoms with Crippen LogP contribution in [0.4, 0.5) is 0 Å². The van der Waals surface area contributed by atoms with Crippen LogP contribution in [-0.4, -0.2) is 34.0 Å². The number of carbonyl (C=O) groups is 1. The fourth-order valence-corrected chi connectivity index (χ4v) is 3.64. The van der Waals surface area contributed by atoms with Gasteiger partial charge in [0.1, 0.15) is 5.01 Å². The largest absolute Gasteiger partial charge is 0.481 e. The minimum absolute atomic E-state index is 0.0756. The van der Waals surface area contributed by atoms with Gasteiger partial charge in [0, 0.05) is 17.3 Å². The number of aromatic nitrogens is 1. The van der Waals surface area contributed by atoms with E-state index in [2.05, 4.69) is 31.1 Å². The van der Waals surface area contributed by atoms with Crippen LogP contribution in [0.2, 0.25) is 0 Å². The molecule has 1 unspecified atom stereocenters. The van der Waals surface area contributed by atoms with Gasteiger partial charge in [-0.15, -0.1) is 11.3 Å². The first-order valence-electron chi connectivity index (χ1n) is 7.11. The summed E-state index contributed by atoms with van der Waals surface area (Å²) in [5.41, 5.74) is 0.588. The fraction of sp³-hybridized carbons (Fsp3) is 0.733. The van der Waals surface area contributed by atoms with Gasteiger partial charge in [0.2, 0.25) is 0 Å². The van der Waals surface area contributed by atoms with Crippen LogP contribution in [0.5, 0.6) is 0 Å². The normalized spacial score (nSPS) is 24.8. The quantitative estimate of drug-likeness (QED) is 0.931. The van der Waals surface area contributed by atoms with Crippen LogP contribution in [0.25, 0.3) is 0 Å². The molecule has 20 heavy (non-hydrogen) atoms. The van der Waals surface area contributed by atoms with Gasteiger partial charge in [-0.05, 0) is 26.3 Å². The van der Waals surface area contributed by atoms with Crippen LogP contribution in [0.15, 0.2) is 5.38 Å². The van der Waals surface area contributed by atoms with Gasteiger partial charge in [-0.25, -0.2) is 4.98 Å². The second kappa shape index (κ2) is 5.45. The predicted octanol–water partition coefficient (Wildman–Crippen LogP) is 3.13. The predicted molar refractivity (Wildman–Crippen MR) is 81.1 cm³/mol. The number of aliphatic carboxylic acids is 1. The van der Waals surface area contributed by atoms with Crippen molar-refractivity contribution in [2.24, 2.45) is 5.41 Å². The Kier molecular flexibility index (Phi) is 4.21. The van der Waals surface area contributed by atoms with Crippen LogP contribution in [0, 0.1) is 5.41 Å². The lowest BCUT2D eigenvalue weighted by Crippen LogP contribution is -2.45. The van der Waals surface area contributed by atoms with Gasteiger partial charge in [0.15, 0.2) is 0 Å². The molecule has 1 aliphatic heterocycles. The van der Waals surface area contributed by atoms with Crippen molar-refractivity contribution in [1.82, 2.24) is 9.88 Å². The summed E-state index contributed by atoms with van der Waals surface area (Å²) < 4.78 is 0. The highest BCUT2D eigenvalue weighted by Gasteiger charge is 2.37. The summed E-state index contributed by atoms with van der Waals surface area (Å²) in [6, 6.07) is 0. The van der Waals surface area contributed by atoms with E-state index >= 15 is 0 Å². The highest BCUT2D eigenvalue weighted by Crippen LogP contribution is 2.31. The van der Waals surface area contributed by atoms with Gasteiger partial charge in [0.25, 0.3) is 0 Å². The SMILES string of the molecule is CC1(C(=O)O)CCCN(Cc2nc(C(C)(C)C)cs2)C1. The summed E-state index contributed by atoms with van der Waals surface area (Å²) in [7, 11) is 0. The summed E-state index contributed by atoms with van der Waals surface area (Å²) in [4.78, 5) is 18.3. The van der Waals surface area contributed by atoms with E-state index in [-0.39, 0.29) is 5.41 Å². The number of carboxylic acids is 1. The molecule has 0 bridgehead atoms. The summed E-state index contributed by atoms with van der Waals surface area (Å²) in [6.45, 7) is 10.7. The molecule has 5 heteroatoms. The molecular formula is C15H24N2O2S. The number of nitrogens with zero attached hydrogens (tertiary/aromatic N) is 2. The number of carboxylic acid groups (broad SMARTS) is 1. The van der Waals surface area contributed by atoms with E-state index in [0.717, 1.165) is 36.6 Å². The third-order valence-electron chi connectivity index (χ3n) is 3.97. The third-order valence-corrected chi connectivity index (χ3v) is 4.80. The van der Waals surface area contributed by atoms with Crippen molar-refractivity contribution >= 4 is 17.3 Å². The highest BCUT2D eigenvalue weighted by atomic mass is 32.1. The lowest BCUT2D eigenvalue weighted by Gasteiger charge is -2.37. The van der Waals surface area contributed by atoms with Gasteiger partial charge >= 0.3 is 5.97 Å². The fourth-order valence-electron chi connectivity index (χ4n) is 2.57. The second-order valence-corrected chi connectivity index (χ2v) is 8.00. The zero-order chi connectivity index (χ0) is 15.0. The number of likely N-dealkylation sites (tertiary alicyclic amines) is 1. The van der Waals surface area contributed by atoms with Crippen molar-refractivity contribution in [3.63, 3.8) is 0 Å². The molecule has 112 valence electrons. The molecule has 1 saturated heterocycles. The first-order chi connectivity index (χ1) is 9.21. The molecular weight excluding hydrogens is 272 g/mol. The maximum absolute atomic E-state index is 11.4. The van der Waals surface area contributed by atoms with E-state index in [1.165, 1.54) is 0 Å². The molecule has 0 radical (unpaired) electrons. The number of hydrogen-bond acceptors (Lipinski definition) is 4. The molecule has 2 heterocycles. The maximum Gasteiger partial charge on any atom is 0.310 e. The summed E-state index contributed by atoms with van der Waals surface area (Å²) in [6.07, 6.45) is 1.71. The number of rotatable bonds is 3. The van der Waals surface area contributed by atoms with E-state index in [9.17, 15) is 9.90 Å². The summed E-state index contributed by atoms with van der Waals surface area (Å²) >= 11 is 1.68. The van der Waals surface area contributed by atoms with Crippen molar-refractivity contribution in [2.75, 3.05) is 13.1 Å². The average molecular weight is 296 g/mol. The smallest absolute Gasteiger partial charge is 0.310 e. The molecule has 0 aliphatic carbocycles. The van der Waals surface area contributed by atoms with E-state index in [0.29, 0.717) is 6.54 Å². The van der Waals surface area contributed by atoms with Crippen LogP contribution < -0.4 is 0 Å². The van der Waals surface area contributed by atoms with Gasteiger partial charge in [0.05, 0.1) is 17.7 Å². The molecule has 0 amide bonds. The molecule has 4 nitrogen and oxygen atoms in total. The van der Waals surface area contributed by atoms with Crippen molar-refractivity contribution in [3.05, 3.63) is 16.1 Å². The topological polar surface area (TPSA) is 53.4 Å². The van der Waals surface area contributed by atoms with Crippen molar-refractivity contribution in [1.29, 1.82) is 0 Å². The molecule has 1 aromatic rings. The van der Waals surface area contributed by atoms with Gasteiger partial charge in [-0.3, -0.25) is 9.69 Å². The average Bonchev–Trinajstić information content (AvgIpc) is 2.77. The van der Waals surface area contributed by atoms with E-state index in [1.807, 2.05) is 6.92 Å². The second-order valence-electron chi connectivity index (χ2n) is 7.06. The van der Waals surface area contributed by atoms with Crippen LogP contribution in [-0.2, 0) is 16.8 Å². The first kappa shape index (κ1) is 15.4. The Hall–Kier alpha value is -0.940. The minimum atomic E-state index is -0.684. The number of thiazole rings is 1. The molecule has 2 rings (SSSR count). The lowest BCUT2D eigenvalue weighted by atomic mass is 9.82. The highest BCUT2D eigenvalue weighted by molar-refractivity contribution is 7.09. The third kappa shape index (κ3) is 3.38. The van der Waals surface area contributed by atoms with Gasteiger partial charge in [-0.2, -0.15) is 0 Å². The minimum Gasteiger partial charge on any atom is -0.481 e. The molecule has 1 N–H and O–H groups in total. The van der Waals surface area contributed by atoms with Crippen LogP contribution in [0.1, 0.15) is 51.2 Å². The first-order valence-corrected chi connectivity index (χ1v) is 7.99. The zero-order valence-electron chi connectivity index (χ0n) is 12.8. The zero-order valence-corrected chi connectivity index (χ0v) is 13.6. The molecule has 1 atom stereocenters. The molecule has 0 spiro atoms. The molecule has 0 saturated carbocycles. The van der Waals surface area contributed by atoms with Crippen molar-refractivity contribution < 1.29 is 9.90 Å². The van der Waals surface area contributed by atoms with E-state index in [4.69, 9.17) is 4.98 Å². The van der Waals surface area contributed by atoms with E-state index in [1.54, 1.807) is 11.3 Å². The van der Waals surface area contributed by atoms with Gasteiger partial charge in [-0.1, -0.05) is 20.8 Å². The summed E-state index contributed by atoms with van der Waals surface area (Å²) in [5, 5.41) is 12.6. The molecule has 1 aliphatic rings. The lowest BCUT2D eigenvalue weighted by molar-refractivity contribution is -0.151. The Morgan fingerprint density at radius 3 is 2.80 bits per heavy atom. The van der Waals surface area contributed by atoms with Crippen LogP contribution in [0.3, 0.4) is 0 Å². The Balaban J connectivity index is 2.03. The number of piperidine rings is 1. The number of hydrogen-bond donors (Lipinski definition) is 1. The van der Waals surface area contributed by atoms with Crippen molar-refractivity contribution in [2.45, 2.75) is 52.5 Å². The molecule has 1 aromatic heterocycles. The Bertz CT molecular complexity index is 492. The van der Waals surface area contributed by atoms with Crippen molar-refractivity contribution in [3.8, 4) is 0 Å². The molecule has 0 aromatic carbocycles. The molecule has 1 fully saturated rings. The van der Waals surface area contributed by atoms with Crippen LogP contribution >= 0.6 is 11.3 Å². The Labute approximate surface area is 124 Å². The standard InChI is InChI=1S/C15H24N2O2S/c1-14(2,3)11-9-20-12(16-11)8-17-7-5-6-15(4,10-17)13(18)19/h9H,5-8,10H2,1-4H3,(H,18,19). The Morgan fingerprint density at radius 2 is 2.25 bits per heavy atom. The summed E-state index contributed by atoms with van der Waals surface area (Å²) in [5.74, 6) is -0.684. The van der Waals surface area contributed by atoms with E-state index < -0.39 is 11.4 Å².